The van der Waals surface area contributed by atoms with Crippen molar-refractivity contribution < 1.29 is 9.59 Å². The molecule has 0 aliphatic heterocycles. The summed E-state index contributed by atoms with van der Waals surface area (Å²) in [6.07, 6.45) is 7.01. The van der Waals surface area contributed by atoms with Crippen LogP contribution in [0.25, 0.3) is 11.3 Å². The highest BCUT2D eigenvalue weighted by atomic mass is 32.2. The van der Waals surface area contributed by atoms with Gasteiger partial charge in [0.25, 0.3) is 0 Å². The first kappa shape index (κ1) is 20.6. The number of aromatic nitrogens is 1. The van der Waals surface area contributed by atoms with E-state index in [0.717, 1.165) is 46.3 Å². The summed E-state index contributed by atoms with van der Waals surface area (Å²) in [6, 6.07) is 9.83. The molecule has 1 aromatic carbocycles. The van der Waals surface area contributed by atoms with Crippen LogP contribution < -0.4 is 10.6 Å². The molecule has 2 aromatic rings. The predicted molar refractivity (Wildman–Crippen MR) is 117 cm³/mol. The molecule has 3 rings (SSSR count). The molecule has 7 heteroatoms. The van der Waals surface area contributed by atoms with Gasteiger partial charge in [0.2, 0.25) is 11.8 Å². The van der Waals surface area contributed by atoms with Crippen molar-refractivity contribution in [3.63, 3.8) is 0 Å². The van der Waals surface area contributed by atoms with Crippen molar-refractivity contribution in [2.24, 2.45) is 5.92 Å². The summed E-state index contributed by atoms with van der Waals surface area (Å²) in [5.41, 5.74) is 1.73. The van der Waals surface area contributed by atoms with Gasteiger partial charge in [0.15, 0.2) is 4.34 Å². The van der Waals surface area contributed by atoms with Crippen LogP contribution >= 0.6 is 23.1 Å². The highest BCUT2D eigenvalue weighted by Crippen LogP contribution is 2.38. The van der Waals surface area contributed by atoms with Crippen LogP contribution in [-0.2, 0) is 9.59 Å². The summed E-state index contributed by atoms with van der Waals surface area (Å²) < 4.78 is 0.770. The van der Waals surface area contributed by atoms with E-state index < -0.39 is 0 Å². The lowest BCUT2D eigenvalue weighted by molar-refractivity contribution is -0.121. The second-order valence-corrected chi connectivity index (χ2v) is 8.95. The molecule has 148 valence electrons. The number of thiazole rings is 1. The fraction of sp³-hybridized carbons (Fsp3) is 0.381. The number of nitrogens with one attached hydrogen (secondary N) is 2. The van der Waals surface area contributed by atoms with Crippen molar-refractivity contribution in [1.29, 1.82) is 0 Å². The van der Waals surface area contributed by atoms with Crippen LogP contribution in [0.15, 0.2) is 47.3 Å². The quantitative estimate of drug-likeness (QED) is 0.483. The Morgan fingerprint density at radius 2 is 1.96 bits per heavy atom. The van der Waals surface area contributed by atoms with Gasteiger partial charge in [-0.2, -0.15) is 0 Å². The van der Waals surface area contributed by atoms with E-state index in [9.17, 15) is 9.59 Å². The van der Waals surface area contributed by atoms with Gasteiger partial charge >= 0.3 is 0 Å². The summed E-state index contributed by atoms with van der Waals surface area (Å²) in [4.78, 5) is 29.3. The van der Waals surface area contributed by atoms with E-state index in [-0.39, 0.29) is 23.5 Å². The van der Waals surface area contributed by atoms with Crippen LogP contribution in [0.2, 0.25) is 0 Å². The molecule has 0 unspecified atom stereocenters. The van der Waals surface area contributed by atoms with Crippen LogP contribution in [0.4, 0.5) is 5.00 Å². The number of anilines is 1. The number of hydrogen-bond acceptors (Lipinski definition) is 5. The van der Waals surface area contributed by atoms with Crippen LogP contribution in [0.5, 0.6) is 0 Å². The third-order valence-electron chi connectivity index (χ3n) is 4.64. The molecule has 0 radical (unpaired) electrons. The lowest BCUT2D eigenvalue weighted by atomic mass is 9.89. The first-order valence-electron chi connectivity index (χ1n) is 9.55. The summed E-state index contributed by atoms with van der Waals surface area (Å²) in [5.74, 6) is 0.390. The number of thioether (sulfide) groups is 1. The second kappa shape index (κ2) is 10.4. The Labute approximate surface area is 174 Å². The van der Waals surface area contributed by atoms with E-state index in [1.807, 2.05) is 30.3 Å². The van der Waals surface area contributed by atoms with Crippen molar-refractivity contribution in [2.75, 3.05) is 17.6 Å². The number of nitrogens with zero attached hydrogens (tertiary/aromatic N) is 1. The number of carbonyl (C=O) groups excluding carboxylic acids is 2. The van der Waals surface area contributed by atoms with Gasteiger partial charge in [-0.1, -0.05) is 78.8 Å². The molecular weight excluding hydrogens is 390 g/mol. The van der Waals surface area contributed by atoms with Gasteiger partial charge in [-0.05, 0) is 12.8 Å². The predicted octanol–water partition coefficient (Wildman–Crippen LogP) is 4.72. The van der Waals surface area contributed by atoms with Crippen molar-refractivity contribution >= 4 is 39.9 Å². The molecule has 5 nitrogen and oxygen atoms in total. The molecule has 1 aliphatic carbocycles. The molecule has 1 aromatic heterocycles. The maximum absolute atomic E-state index is 12.7. The number of carbonyl (C=O) groups is 2. The number of rotatable bonds is 8. The number of amides is 2. The molecule has 1 fully saturated rings. The topological polar surface area (TPSA) is 71.1 Å². The molecule has 0 atom stereocenters. The van der Waals surface area contributed by atoms with Crippen LogP contribution in [0.3, 0.4) is 0 Å². The molecule has 0 spiro atoms. The third kappa shape index (κ3) is 5.69. The zero-order valence-electron chi connectivity index (χ0n) is 15.8. The van der Waals surface area contributed by atoms with Gasteiger partial charge in [-0.3, -0.25) is 9.59 Å². The largest absolute Gasteiger partial charge is 0.352 e. The molecule has 0 bridgehead atoms. The maximum Gasteiger partial charge on any atom is 0.230 e. The van der Waals surface area contributed by atoms with Crippen molar-refractivity contribution in [2.45, 2.75) is 36.4 Å². The molecule has 0 saturated heterocycles. The summed E-state index contributed by atoms with van der Waals surface area (Å²) in [5, 5.41) is 6.63. The Morgan fingerprint density at radius 1 is 1.21 bits per heavy atom. The van der Waals surface area contributed by atoms with Crippen LogP contribution in [0.1, 0.15) is 32.1 Å². The lowest BCUT2D eigenvalue weighted by Gasteiger charge is -2.20. The van der Waals surface area contributed by atoms with Crippen molar-refractivity contribution in [1.82, 2.24) is 10.3 Å². The third-order valence-corrected chi connectivity index (χ3v) is 6.75. The van der Waals surface area contributed by atoms with Gasteiger partial charge < -0.3 is 10.6 Å². The Morgan fingerprint density at radius 3 is 2.68 bits per heavy atom. The smallest absolute Gasteiger partial charge is 0.230 e. The van der Waals surface area contributed by atoms with Gasteiger partial charge in [-0.15, -0.1) is 6.58 Å². The van der Waals surface area contributed by atoms with Gasteiger partial charge in [0.05, 0.1) is 5.75 Å². The van der Waals surface area contributed by atoms with E-state index >= 15 is 0 Å². The molecule has 1 heterocycles. The van der Waals surface area contributed by atoms with Gasteiger partial charge in [-0.25, -0.2) is 4.98 Å². The molecule has 1 saturated carbocycles. The van der Waals surface area contributed by atoms with E-state index in [2.05, 4.69) is 17.2 Å². The molecule has 28 heavy (non-hydrogen) atoms. The summed E-state index contributed by atoms with van der Waals surface area (Å²) >= 11 is 2.81. The number of benzene rings is 1. The second-order valence-electron chi connectivity index (χ2n) is 6.73. The summed E-state index contributed by atoms with van der Waals surface area (Å²) in [6.45, 7) is 4.05. The maximum atomic E-state index is 12.7. The van der Waals surface area contributed by atoms with E-state index in [0.29, 0.717) is 6.54 Å². The van der Waals surface area contributed by atoms with Crippen LogP contribution in [-0.4, -0.2) is 29.1 Å². The van der Waals surface area contributed by atoms with E-state index in [1.54, 1.807) is 6.08 Å². The first-order chi connectivity index (χ1) is 13.7. The molecule has 2 amide bonds. The summed E-state index contributed by atoms with van der Waals surface area (Å²) in [7, 11) is 0. The minimum Gasteiger partial charge on any atom is -0.352 e. The Balaban J connectivity index is 1.74. The van der Waals surface area contributed by atoms with Crippen molar-refractivity contribution in [3.8, 4) is 11.3 Å². The average Bonchev–Trinajstić information content (AvgIpc) is 3.14. The Kier molecular flexibility index (Phi) is 7.68. The molecular formula is C21H25N3O2S2. The minimum absolute atomic E-state index is 0.0610. The monoisotopic (exact) mass is 415 g/mol. The molecule has 2 N–H and O–H groups in total. The van der Waals surface area contributed by atoms with Crippen molar-refractivity contribution in [3.05, 3.63) is 43.0 Å². The van der Waals surface area contributed by atoms with Gasteiger partial charge in [0, 0.05) is 18.0 Å². The number of hydrogen-bond donors (Lipinski definition) is 2. The highest BCUT2D eigenvalue weighted by Gasteiger charge is 2.23. The average molecular weight is 416 g/mol. The Bertz CT molecular complexity index is 814. The van der Waals surface area contributed by atoms with E-state index in [1.165, 1.54) is 29.5 Å². The zero-order valence-corrected chi connectivity index (χ0v) is 17.4. The van der Waals surface area contributed by atoms with Crippen LogP contribution in [0, 0.1) is 5.92 Å². The van der Waals surface area contributed by atoms with Gasteiger partial charge in [0.1, 0.15) is 10.7 Å². The highest BCUT2D eigenvalue weighted by molar-refractivity contribution is 8.01. The first-order valence-corrected chi connectivity index (χ1v) is 11.3. The SMILES string of the molecule is C=CCNC(=O)CSc1nc(-c2ccccc2)c(NC(=O)C2CCCCC2)s1. The minimum atomic E-state index is -0.0610. The van der Waals surface area contributed by atoms with E-state index in [4.69, 9.17) is 4.98 Å². The fourth-order valence-corrected chi connectivity index (χ4v) is 5.08. The zero-order chi connectivity index (χ0) is 19.8. The lowest BCUT2D eigenvalue weighted by Crippen LogP contribution is -2.24. The standard InChI is InChI=1S/C21H25N3O2S2/c1-2-13-22-17(25)14-27-21-23-18(15-9-5-3-6-10-15)20(28-21)24-19(26)16-11-7-4-8-12-16/h2-3,5-6,9-10,16H,1,4,7-8,11-14H2,(H,22,25)(H,24,26). The fourth-order valence-electron chi connectivity index (χ4n) is 3.18. The normalized spacial score (nSPS) is 14.4. The Hall–Kier alpha value is -2.12. The molecule has 1 aliphatic rings.